The standard InChI is InChI=1S/C13H15N5OS/c1-18-7-9(6-15-18)16-12(19)10-11(14)20-13(17-10)8-4-2-3-5-8/h4,6-7H,2-3,5,14H2,1H3,(H,16,19). The quantitative estimate of drug-likeness (QED) is 0.907. The molecule has 0 radical (unpaired) electrons. The van der Waals surface area contributed by atoms with Crippen LogP contribution in [-0.4, -0.2) is 20.7 Å². The third-order valence-electron chi connectivity index (χ3n) is 3.15. The molecule has 3 N–H and O–H groups in total. The molecule has 1 amide bonds. The summed E-state index contributed by atoms with van der Waals surface area (Å²) < 4.78 is 1.62. The lowest BCUT2D eigenvalue weighted by Crippen LogP contribution is -2.13. The Morgan fingerprint density at radius 3 is 3.05 bits per heavy atom. The average molecular weight is 289 g/mol. The zero-order chi connectivity index (χ0) is 14.1. The second-order valence-electron chi connectivity index (χ2n) is 4.71. The number of aromatic nitrogens is 3. The van der Waals surface area contributed by atoms with E-state index in [1.54, 1.807) is 24.1 Å². The van der Waals surface area contributed by atoms with E-state index in [9.17, 15) is 4.79 Å². The first kappa shape index (κ1) is 12.9. The van der Waals surface area contributed by atoms with Crippen molar-refractivity contribution >= 4 is 33.5 Å². The highest BCUT2D eigenvalue weighted by Gasteiger charge is 2.19. The number of nitrogen functional groups attached to an aromatic ring is 1. The Morgan fingerprint density at radius 2 is 2.40 bits per heavy atom. The molecule has 6 nitrogen and oxygen atoms in total. The fourth-order valence-corrected chi connectivity index (χ4v) is 3.07. The fraction of sp³-hybridized carbons (Fsp3) is 0.308. The Hall–Kier alpha value is -2.15. The van der Waals surface area contributed by atoms with E-state index in [4.69, 9.17) is 5.73 Å². The molecule has 0 saturated heterocycles. The van der Waals surface area contributed by atoms with E-state index in [1.165, 1.54) is 16.9 Å². The van der Waals surface area contributed by atoms with E-state index >= 15 is 0 Å². The molecule has 20 heavy (non-hydrogen) atoms. The maximum absolute atomic E-state index is 12.2. The summed E-state index contributed by atoms with van der Waals surface area (Å²) in [6, 6.07) is 0. The number of thiazole rings is 1. The van der Waals surface area contributed by atoms with Crippen molar-refractivity contribution < 1.29 is 4.79 Å². The van der Waals surface area contributed by atoms with Crippen LogP contribution in [0.3, 0.4) is 0 Å². The Labute approximate surface area is 120 Å². The number of hydrogen-bond donors (Lipinski definition) is 2. The minimum atomic E-state index is -0.295. The maximum atomic E-state index is 12.2. The Bertz CT molecular complexity index is 685. The van der Waals surface area contributed by atoms with Crippen molar-refractivity contribution in [2.24, 2.45) is 7.05 Å². The van der Waals surface area contributed by atoms with Crippen molar-refractivity contribution in [1.82, 2.24) is 14.8 Å². The summed E-state index contributed by atoms with van der Waals surface area (Å²) in [6.45, 7) is 0. The Morgan fingerprint density at radius 1 is 1.55 bits per heavy atom. The SMILES string of the molecule is Cn1cc(NC(=O)c2nc(C3=CCCC3)sc2N)cn1. The molecule has 2 aromatic heterocycles. The molecule has 0 atom stereocenters. The van der Waals surface area contributed by atoms with Gasteiger partial charge in [0.15, 0.2) is 5.69 Å². The monoisotopic (exact) mass is 289 g/mol. The number of allylic oxidation sites excluding steroid dienone is 2. The molecular formula is C13H15N5OS. The molecule has 0 saturated carbocycles. The number of carbonyl (C=O) groups excluding carboxylic acids is 1. The molecule has 0 aliphatic heterocycles. The minimum Gasteiger partial charge on any atom is -0.389 e. The summed E-state index contributed by atoms with van der Waals surface area (Å²) in [5.41, 5.74) is 8.04. The number of anilines is 2. The number of hydrogen-bond acceptors (Lipinski definition) is 5. The van der Waals surface area contributed by atoms with Crippen molar-refractivity contribution in [3.8, 4) is 0 Å². The molecule has 2 heterocycles. The van der Waals surface area contributed by atoms with Gasteiger partial charge < -0.3 is 11.1 Å². The summed E-state index contributed by atoms with van der Waals surface area (Å²) in [6.07, 6.45) is 8.71. The van der Waals surface area contributed by atoms with E-state index in [1.807, 2.05) is 0 Å². The first-order valence-corrected chi connectivity index (χ1v) is 7.21. The van der Waals surface area contributed by atoms with Gasteiger partial charge in [-0.3, -0.25) is 9.48 Å². The molecule has 0 fully saturated rings. The summed E-state index contributed by atoms with van der Waals surface area (Å²) in [4.78, 5) is 16.5. The highest BCUT2D eigenvalue weighted by Crippen LogP contribution is 2.33. The van der Waals surface area contributed by atoms with E-state index in [0.29, 0.717) is 16.4 Å². The second-order valence-corrected chi connectivity index (χ2v) is 5.74. The van der Waals surface area contributed by atoms with E-state index in [2.05, 4.69) is 21.5 Å². The summed E-state index contributed by atoms with van der Waals surface area (Å²) in [7, 11) is 1.79. The lowest BCUT2D eigenvalue weighted by Gasteiger charge is -1.99. The van der Waals surface area contributed by atoms with Crippen LogP contribution in [0.15, 0.2) is 18.5 Å². The van der Waals surface area contributed by atoms with Crippen molar-refractivity contribution in [2.45, 2.75) is 19.3 Å². The van der Waals surface area contributed by atoms with Crippen LogP contribution in [0.1, 0.15) is 34.8 Å². The molecule has 1 aliphatic rings. The predicted molar refractivity (Wildman–Crippen MR) is 79.5 cm³/mol. The van der Waals surface area contributed by atoms with E-state index in [-0.39, 0.29) is 5.91 Å². The van der Waals surface area contributed by atoms with Crippen molar-refractivity contribution in [1.29, 1.82) is 0 Å². The number of carbonyl (C=O) groups is 1. The van der Waals surface area contributed by atoms with Gasteiger partial charge in [0.05, 0.1) is 11.9 Å². The highest BCUT2D eigenvalue weighted by atomic mass is 32.1. The van der Waals surface area contributed by atoms with Crippen molar-refractivity contribution in [2.75, 3.05) is 11.1 Å². The van der Waals surface area contributed by atoms with Crippen LogP contribution in [-0.2, 0) is 7.05 Å². The first-order chi connectivity index (χ1) is 9.63. The number of nitrogens with one attached hydrogen (secondary N) is 1. The van der Waals surface area contributed by atoms with Crippen molar-refractivity contribution in [3.63, 3.8) is 0 Å². The lowest BCUT2D eigenvalue weighted by atomic mass is 10.2. The Kier molecular flexibility index (Phi) is 3.27. The molecule has 104 valence electrons. The average Bonchev–Trinajstić information content (AvgIpc) is 3.09. The van der Waals surface area contributed by atoms with Crippen LogP contribution in [0, 0.1) is 0 Å². The van der Waals surface area contributed by atoms with Gasteiger partial charge in [0, 0.05) is 13.2 Å². The molecule has 0 aromatic carbocycles. The topological polar surface area (TPSA) is 85.8 Å². The fourth-order valence-electron chi connectivity index (χ4n) is 2.17. The zero-order valence-corrected chi connectivity index (χ0v) is 11.9. The number of amides is 1. The minimum absolute atomic E-state index is 0.293. The highest BCUT2D eigenvalue weighted by molar-refractivity contribution is 7.17. The smallest absolute Gasteiger partial charge is 0.277 e. The van der Waals surface area contributed by atoms with Gasteiger partial charge in [0.2, 0.25) is 0 Å². The molecule has 0 unspecified atom stereocenters. The third kappa shape index (κ3) is 2.44. The number of aryl methyl sites for hydroxylation is 1. The second kappa shape index (κ2) is 5.09. The maximum Gasteiger partial charge on any atom is 0.277 e. The third-order valence-corrected chi connectivity index (χ3v) is 4.11. The molecule has 3 rings (SSSR count). The summed E-state index contributed by atoms with van der Waals surface area (Å²) >= 11 is 1.37. The van der Waals surface area contributed by atoms with Gasteiger partial charge in [-0.25, -0.2) is 4.98 Å². The van der Waals surface area contributed by atoms with Gasteiger partial charge >= 0.3 is 0 Å². The van der Waals surface area contributed by atoms with E-state index in [0.717, 1.165) is 24.3 Å². The van der Waals surface area contributed by atoms with Gasteiger partial charge in [-0.2, -0.15) is 5.10 Å². The van der Waals surface area contributed by atoms with Gasteiger partial charge in [0.1, 0.15) is 10.0 Å². The molecule has 0 spiro atoms. The van der Waals surface area contributed by atoms with Gasteiger partial charge in [-0.1, -0.05) is 17.4 Å². The van der Waals surface area contributed by atoms with Crippen molar-refractivity contribution in [3.05, 3.63) is 29.2 Å². The zero-order valence-electron chi connectivity index (χ0n) is 11.1. The van der Waals surface area contributed by atoms with Crippen LogP contribution < -0.4 is 11.1 Å². The van der Waals surface area contributed by atoms with Gasteiger partial charge in [-0.15, -0.1) is 0 Å². The first-order valence-electron chi connectivity index (χ1n) is 6.39. The summed E-state index contributed by atoms with van der Waals surface area (Å²) in [5.74, 6) is -0.295. The van der Waals surface area contributed by atoms with Crippen LogP contribution in [0.5, 0.6) is 0 Å². The largest absolute Gasteiger partial charge is 0.389 e. The lowest BCUT2D eigenvalue weighted by molar-refractivity contribution is 0.102. The van der Waals surface area contributed by atoms with Crippen LogP contribution in [0.25, 0.3) is 5.57 Å². The number of rotatable bonds is 3. The molecule has 0 bridgehead atoms. The van der Waals surface area contributed by atoms with Gasteiger partial charge in [-0.05, 0) is 24.8 Å². The molecule has 1 aliphatic carbocycles. The number of nitrogens with zero attached hydrogens (tertiary/aromatic N) is 3. The number of nitrogens with two attached hydrogens (primary N) is 1. The summed E-state index contributed by atoms with van der Waals surface area (Å²) in [5, 5.41) is 8.05. The predicted octanol–water partition coefficient (Wildman–Crippen LogP) is 2.28. The van der Waals surface area contributed by atoms with Crippen LogP contribution >= 0.6 is 11.3 Å². The molecular weight excluding hydrogens is 274 g/mol. The van der Waals surface area contributed by atoms with Crippen LogP contribution in [0.2, 0.25) is 0 Å². The normalized spacial score (nSPS) is 14.3. The molecule has 2 aromatic rings. The Balaban J connectivity index is 1.81. The van der Waals surface area contributed by atoms with Gasteiger partial charge in [0.25, 0.3) is 5.91 Å². The van der Waals surface area contributed by atoms with E-state index < -0.39 is 0 Å². The molecule has 7 heteroatoms. The van der Waals surface area contributed by atoms with Crippen LogP contribution in [0.4, 0.5) is 10.7 Å².